The van der Waals surface area contributed by atoms with E-state index in [1.807, 2.05) is 0 Å². The van der Waals surface area contributed by atoms with Crippen LogP contribution < -0.4 is 0 Å². The normalized spacial score (nSPS) is 5.14. The van der Waals surface area contributed by atoms with Crippen molar-refractivity contribution in [2.24, 2.45) is 0 Å². The van der Waals surface area contributed by atoms with Crippen LogP contribution in [0.3, 0.4) is 0 Å². The summed E-state index contributed by atoms with van der Waals surface area (Å²) in [6, 6.07) is 0. The van der Waals surface area contributed by atoms with E-state index < -0.39 is 0 Å². The molecule has 0 aromatic rings. The monoisotopic (exact) mass is 184 g/mol. The number of hydrogen-bond acceptors (Lipinski definition) is 0. The van der Waals surface area contributed by atoms with Gasteiger partial charge in [-0.05, 0) is 0 Å². The molecule has 0 saturated heterocycles. The van der Waals surface area contributed by atoms with Gasteiger partial charge in [0.1, 0.15) is 0 Å². The molecule has 0 radical (unpaired) electrons. The zero-order valence-corrected chi connectivity index (χ0v) is 7.24. The van der Waals surface area contributed by atoms with E-state index in [9.17, 15) is 0 Å². The van der Waals surface area contributed by atoms with Crippen molar-refractivity contribution >= 4 is 0 Å². The Labute approximate surface area is 62.0 Å². The second-order valence-corrected chi connectivity index (χ2v) is 0.854. The average Bonchev–Trinajstić information content (AvgIpc) is 1.72. The second-order valence-electron chi connectivity index (χ2n) is 0.854. The van der Waals surface area contributed by atoms with Crippen LogP contribution in [-0.4, -0.2) is 0 Å². The average molecular weight is 182 g/mol. The van der Waals surface area contributed by atoms with Crippen LogP contribution in [0, 0.1) is 13.8 Å². The van der Waals surface area contributed by atoms with Crippen molar-refractivity contribution in [3.05, 3.63) is 13.8 Å². The topological polar surface area (TPSA) is 0 Å². The van der Waals surface area contributed by atoms with E-state index in [0.717, 1.165) is 6.42 Å². The molecule has 0 aromatic carbocycles. The third-order valence-electron chi connectivity index (χ3n) is 0.354. The van der Waals surface area contributed by atoms with E-state index in [4.69, 9.17) is 0 Å². The molecule has 0 heterocycles. The number of unbranched alkanes of at least 4 members (excludes halogenated alkanes) is 1. The summed E-state index contributed by atoms with van der Waals surface area (Å²) in [6.45, 7) is 10.7. The first-order chi connectivity index (χ1) is 2.91. The molecule has 0 aromatic heterocycles. The SMILES string of the molecule is [CH2-]C.[CH2-]CCC.[Mo+2]. The zero-order valence-electron chi connectivity index (χ0n) is 5.24. The zero-order chi connectivity index (χ0) is 5.41. The molecule has 0 nitrogen and oxygen atoms in total. The summed E-state index contributed by atoms with van der Waals surface area (Å²) in [7, 11) is 0. The van der Waals surface area contributed by atoms with E-state index >= 15 is 0 Å². The maximum atomic E-state index is 3.60. The van der Waals surface area contributed by atoms with Crippen LogP contribution in [0.5, 0.6) is 0 Å². The molecular weight excluding hydrogens is 168 g/mol. The molecule has 0 amide bonds. The maximum absolute atomic E-state index is 3.60. The molecule has 0 atom stereocenters. The van der Waals surface area contributed by atoms with Gasteiger partial charge in [0.2, 0.25) is 0 Å². The van der Waals surface area contributed by atoms with Gasteiger partial charge in [0.15, 0.2) is 0 Å². The molecule has 0 N–H and O–H groups in total. The molecule has 0 aliphatic heterocycles. The molecule has 0 rings (SSSR count). The van der Waals surface area contributed by atoms with E-state index in [0.29, 0.717) is 0 Å². The van der Waals surface area contributed by atoms with Gasteiger partial charge in [-0.2, -0.15) is 13.3 Å². The third-order valence-corrected chi connectivity index (χ3v) is 0.354. The molecule has 0 aliphatic rings. The van der Waals surface area contributed by atoms with Crippen molar-refractivity contribution in [1.82, 2.24) is 0 Å². The van der Waals surface area contributed by atoms with Gasteiger partial charge >= 0.3 is 21.1 Å². The number of hydrogen-bond donors (Lipinski definition) is 0. The third kappa shape index (κ3) is 51.6. The van der Waals surface area contributed by atoms with Gasteiger partial charge in [-0.1, -0.05) is 13.3 Å². The van der Waals surface area contributed by atoms with Crippen LogP contribution in [0.2, 0.25) is 0 Å². The Hall–Kier alpha value is 0.688. The fourth-order valence-electron chi connectivity index (χ4n) is 0. The van der Waals surface area contributed by atoms with Gasteiger partial charge in [-0.3, -0.25) is 0 Å². The predicted octanol–water partition coefficient (Wildman–Crippen LogP) is 2.46. The smallest absolute Gasteiger partial charge is 0.346 e. The van der Waals surface area contributed by atoms with Crippen molar-refractivity contribution in [1.29, 1.82) is 0 Å². The molecule has 7 heavy (non-hydrogen) atoms. The Morgan fingerprint density at radius 3 is 1.43 bits per heavy atom. The van der Waals surface area contributed by atoms with Crippen molar-refractivity contribution < 1.29 is 21.1 Å². The fourth-order valence-corrected chi connectivity index (χ4v) is 0. The standard InChI is InChI=1S/C4H9.C2H5.Mo/c1-3-4-2;1-2;/h1,3-4H2,2H3;1H2,2H3;/q2*-1;+2. The summed E-state index contributed by atoms with van der Waals surface area (Å²) in [5.41, 5.74) is 0. The Bertz CT molecular complexity index is 6.14. The second kappa shape index (κ2) is 29.9. The van der Waals surface area contributed by atoms with Crippen LogP contribution >= 0.6 is 0 Å². The van der Waals surface area contributed by atoms with Crippen molar-refractivity contribution in [3.63, 3.8) is 0 Å². The molecular formula is C6H14Mo. The summed E-state index contributed by atoms with van der Waals surface area (Å²) in [6.07, 6.45) is 2.28. The predicted molar refractivity (Wildman–Crippen MR) is 31.3 cm³/mol. The van der Waals surface area contributed by atoms with Crippen molar-refractivity contribution in [2.45, 2.75) is 26.7 Å². The fraction of sp³-hybridized carbons (Fsp3) is 0.667. The summed E-state index contributed by atoms with van der Waals surface area (Å²) in [5.74, 6) is 0. The first kappa shape index (κ1) is 15.6. The van der Waals surface area contributed by atoms with Crippen LogP contribution in [0.25, 0.3) is 0 Å². The molecule has 0 aliphatic carbocycles. The molecule has 0 unspecified atom stereocenters. The van der Waals surface area contributed by atoms with Gasteiger partial charge in [-0.15, -0.1) is 0 Å². The van der Waals surface area contributed by atoms with Crippen LogP contribution in [-0.2, 0) is 21.1 Å². The summed E-state index contributed by atoms with van der Waals surface area (Å²) in [4.78, 5) is 0. The summed E-state index contributed by atoms with van der Waals surface area (Å²) in [5, 5.41) is 0. The Morgan fingerprint density at radius 1 is 1.29 bits per heavy atom. The van der Waals surface area contributed by atoms with Gasteiger partial charge in [0.25, 0.3) is 0 Å². The Morgan fingerprint density at radius 2 is 1.43 bits per heavy atom. The minimum absolute atomic E-state index is 0. The Kier molecular flexibility index (Phi) is 66.9. The summed E-state index contributed by atoms with van der Waals surface area (Å²) < 4.78 is 0. The molecule has 1 heteroatoms. The molecule has 0 saturated carbocycles. The largest absolute Gasteiger partial charge is 2.00 e. The van der Waals surface area contributed by atoms with Crippen LogP contribution in [0.1, 0.15) is 26.7 Å². The first-order valence-corrected chi connectivity index (χ1v) is 2.41. The van der Waals surface area contributed by atoms with Crippen molar-refractivity contribution in [2.75, 3.05) is 0 Å². The first-order valence-electron chi connectivity index (χ1n) is 2.41. The molecule has 44 valence electrons. The van der Waals surface area contributed by atoms with Gasteiger partial charge < -0.3 is 13.8 Å². The molecule has 0 fully saturated rings. The summed E-state index contributed by atoms with van der Waals surface area (Å²) >= 11 is 0. The molecule has 0 bridgehead atoms. The van der Waals surface area contributed by atoms with Gasteiger partial charge in [-0.25, -0.2) is 0 Å². The van der Waals surface area contributed by atoms with Crippen LogP contribution in [0.4, 0.5) is 0 Å². The van der Waals surface area contributed by atoms with Gasteiger partial charge in [0, 0.05) is 0 Å². The quantitative estimate of drug-likeness (QED) is 0.431. The van der Waals surface area contributed by atoms with Gasteiger partial charge in [0.05, 0.1) is 0 Å². The van der Waals surface area contributed by atoms with Crippen molar-refractivity contribution in [3.8, 4) is 0 Å². The molecule has 0 spiro atoms. The maximum Gasteiger partial charge on any atom is 2.00 e. The van der Waals surface area contributed by atoms with Crippen LogP contribution in [0.15, 0.2) is 0 Å². The van der Waals surface area contributed by atoms with E-state index in [1.165, 1.54) is 6.42 Å². The van der Waals surface area contributed by atoms with E-state index in [1.54, 1.807) is 6.92 Å². The van der Waals surface area contributed by atoms with E-state index in [-0.39, 0.29) is 21.1 Å². The number of rotatable bonds is 1. The minimum Gasteiger partial charge on any atom is -0.346 e. The van der Waals surface area contributed by atoms with E-state index in [2.05, 4.69) is 20.8 Å². The Balaban J connectivity index is -0.0000000480. The minimum atomic E-state index is 0.